The zero-order valence-electron chi connectivity index (χ0n) is 16.5. The molecule has 3 aromatic rings. The first-order valence-electron chi connectivity index (χ1n) is 9.21. The van der Waals surface area contributed by atoms with Crippen LogP contribution in [0.25, 0.3) is 0 Å². The Bertz CT molecular complexity index is 1270. The summed E-state index contributed by atoms with van der Waals surface area (Å²) < 4.78 is 37.5. The van der Waals surface area contributed by atoms with E-state index in [0.717, 1.165) is 18.1 Å². The van der Waals surface area contributed by atoms with Crippen LogP contribution in [-0.2, 0) is 11.3 Å². The van der Waals surface area contributed by atoms with Crippen LogP contribution in [0.4, 0.5) is 14.5 Å². The van der Waals surface area contributed by atoms with Gasteiger partial charge in [-0.05, 0) is 36.4 Å². The van der Waals surface area contributed by atoms with Crippen LogP contribution in [0.3, 0.4) is 0 Å². The first-order chi connectivity index (χ1) is 15.3. The second-order valence-corrected chi connectivity index (χ2v) is 6.79. The second kappa shape index (κ2) is 8.06. The molecule has 0 spiro atoms. The number of anilines is 1. The van der Waals surface area contributed by atoms with Crippen molar-refractivity contribution < 1.29 is 37.1 Å². The number of imide groups is 1. The monoisotopic (exact) mass is 440 g/mol. The molecule has 2 aromatic carbocycles. The van der Waals surface area contributed by atoms with Crippen LogP contribution in [-0.4, -0.2) is 35.7 Å². The number of furan rings is 1. The Balaban J connectivity index is 1.59. The molecule has 0 bridgehead atoms. The van der Waals surface area contributed by atoms with Crippen molar-refractivity contribution in [3.63, 3.8) is 0 Å². The molecular weight excluding hydrogens is 426 g/mol. The van der Waals surface area contributed by atoms with Gasteiger partial charge in [0.1, 0.15) is 17.4 Å². The molecule has 0 saturated heterocycles. The van der Waals surface area contributed by atoms with Crippen molar-refractivity contribution in [2.45, 2.75) is 6.54 Å². The van der Waals surface area contributed by atoms with Crippen LogP contribution >= 0.6 is 0 Å². The highest BCUT2D eigenvalue weighted by atomic mass is 19.1. The average Bonchev–Trinajstić information content (AvgIpc) is 3.37. The van der Waals surface area contributed by atoms with E-state index in [4.69, 9.17) is 4.42 Å². The number of rotatable bonds is 5. The maximum atomic E-state index is 14.1. The number of carbonyl (C=O) groups excluding carboxylic acids is 4. The molecule has 3 amide bonds. The third-order valence-electron chi connectivity index (χ3n) is 4.84. The first kappa shape index (κ1) is 20.9. The van der Waals surface area contributed by atoms with Gasteiger partial charge in [0.25, 0.3) is 17.7 Å². The van der Waals surface area contributed by atoms with Gasteiger partial charge in [0.2, 0.25) is 0 Å². The molecule has 1 aromatic heterocycles. The van der Waals surface area contributed by atoms with E-state index in [-0.39, 0.29) is 23.2 Å². The van der Waals surface area contributed by atoms with Crippen LogP contribution in [0.2, 0.25) is 0 Å². The van der Waals surface area contributed by atoms with Gasteiger partial charge in [-0.25, -0.2) is 13.6 Å². The van der Waals surface area contributed by atoms with E-state index in [2.05, 4.69) is 10.1 Å². The molecule has 0 atom stereocenters. The lowest BCUT2D eigenvalue weighted by Gasteiger charge is -2.11. The van der Waals surface area contributed by atoms with E-state index in [0.29, 0.717) is 11.8 Å². The van der Waals surface area contributed by atoms with E-state index >= 15 is 0 Å². The number of carbonyl (C=O) groups is 4. The Morgan fingerprint density at radius 3 is 2.47 bits per heavy atom. The molecule has 1 aliphatic heterocycles. The van der Waals surface area contributed by atoms with E-state index in [9.17, 15) is 28.0 Å². The summed E-state index contributed by atoms with van der Waals surface area (Å²) in [6, 6.07) is 8.29. The van der Waals surface area contributed by atoms with Crippen LogP contribution in [0, 0.1) is 11.6 Å². The number of methoxy groups -OCH3 is 1. The molecule has 0 saturated carbocycles. The fourth-order valence-electron chi connectivity index (χ4n) is 3.24. The molecule has 8 nitrogen and oxygen atoms in total. The van der Waals surface area contributed by atoms with Gasteiger partial charge in [-0.1, -0.05) is 0 Å². The summed E-state index contributed by atoms with van der Waals surface area (Å²) in [6.45, 7) is -0.0715. The standard InChI is InChI=1S/C22H14F2N2O6/c1-31-22(30)15-8-18(17(24)9-16(15)23)25-19(27)11-4-5-13-14(7-11)21(29)26(20(13)28)10-12-3-2-6-32-12/h2-9H,10H2,1H3,(H,25,27). The van der Waals surface area contributed by atoms with E-state index in [1.165, 1.54) is 24.5 Å². The summed E-state index contributed by atoms with van der Waals surface area (Å²) in [5, 5.41) is 2.22. The molecule has 1 N–H and O–H groups in total. The maximum Gasteiger partial charge on any atom is 0.340 e. The molecule has 10 heteroatoms. The lowest BCUT2D eigenvalue weighted by Crippen LogP contribution is -2.28. The topological polar surface area (TPSA) is 106 Å². The zero-order chi connectivity index (χ0) is 23.0. The molecule has 1 aliphatic rings. The SMILES string of the molecule is COC(=O)c1cc(NC(=O)c2ccc3c(c2)C(=O)N(Cc2ccco2)C3=O)c(F)cc1F. The number of ether oxygens (including phenoxy) is 1. The quantitative estimate of drug-likeness (QED) is 0.482. The van der Waals surface area contributed by atoms with Gasteiger partial charge in [0.05, 0.1) is 42.3 Å². The van der Waals surface area contributed by atoms with Gasteiger partial charge in [-0.2, -0.15) is 0 Å². The first-order valence-corrected chi connectivity index (χ1v) is 9.21. The Morgan fingerprint density at radius 2 is 1.78 bits per heavy atom. The number of nitrogens with zero attached hydrogens (tertiary/aromatic N) is 1. The van der Waals surface area contributed by atoms with Gasteiger partial charge in [0, 0.05) is 11.6 Å². The van der Waals surface area contributed by atoms with Gasteiger partial charge in [0.15, 0.2) is 0 Å². The number of esters is 1. The highest BCUT2D eigenvalue weighted by Crippen LogP contribution is 2.27. The second-order valence-electron chi connectivity index (χ2n) is 6.79. The highest BCUT2D eigenvalue weighted by molar-refractivity contribution is 6.22. The van der Waals surface area contributed by atoms with Crippen molar-refractivity contribution in [3.05, 3.63) is 88.4 Å². The lowest BCUT2D eigenvalue weighted by atomic mass is 10.0. The number of benzene rings is 2. The van der Waals surface area contributed by atoms with Crippen molar-refractivity contribution in [2.75, 3.05) is 12.4 Å². The Labute approximate surface area is 179 Å². The van der Waals surface area contributed by atoms with Gasteiger partial charge in [-0.15, -0.1) is 0 Å². The molecule has 0 aliphatic carbocycles. The number of hydrogen-bond donors (Lipinski definition) is 1. The summed E-state index contributed by atoms with van der Waals surface area (Å²) in [4.78, 5) is 50.4. The van der Waals surface area contributed by atoms with Crippen LogP contribution < -0.4 is 5.32 Å². The summed E-state index contributed by atoms with van der Waals surface area (Å²) in [5.41, 5.74) is -0.956. The molecule has 162 valence electrons. The van der Waals surface area contributed by atoms with Gasteiger partial charge >= 0.3 is 5.97 Å². The van der Waals surface area contributed by atoms with E-state index in [1.54, 1.807) is 12.1 Å². The minimum atomic E-state index is -1.15. The van der Waals surface area contributed by atoms with Crippen molar-refractivity contribution >= 4 is 29.4 Å². The van der Waals surface area contributed by atoms with E-state index in [1.807, 2.05) is 0 Å². The zero-order valence-corrected chi connectivity index (χ0v) is 16.5. The molecule has 0 fully saturated rings. The maximum absolute atomic E-state index is 14.1. The third kappa shape index (κ3) is 3.62. The number of fused-ring (bicyclic) bond motifs is 1. The molecule has 0 unspecified atom stereocenters. The van der Waals surface area contributed by atoms with Crippen LogP contribution in [0.5, 0.6) is 0 Å². The van der Waals surface area contributed by atoms with Crippen molar-refractivity contribution in [1.29, 1.82) is 0 Å². The highest BCUT2D eigenvalue weighted by Gasteiger charge is 2.36. The number of halogens is 2. The Morgan fingerprint density at radius 1 is 1.03 bits per heavy atom. The lowest BCUT2D eigenvalue weighted by molar-refractivity contribution is 0.0592. The Hall–Kier alpha value is -4.34. The predicted octanol–water partition coefficient (Wildman–Crippen LogP) is 3.39. The van der Waals surface area contributed by atoms with Crippen molar-refractivity contribution in [3.8, 4) is 0 Å². The fraction of sp³-hybridized carbons (Fsp3) is 0.0909. The summed E-state index contributed by atoms with van der Waals surface area (Å²) in [7, 11) is 1.03. The number of nitrogens with one attached hydrogen (secondary N) is 1. The molecule has 2 heterocycles. The summed E-state index contributed by atoms with van der Waals surface area (Å²) in [5.74, 6) is -4.88. The van der Waals surface area contributed by atoms with Crippen molar-refractivity contribution in [1.82, 2.24) is 4.90 Å². The summed E-state index contributed by atoms with van der Waals surface area (Å²) >= 11 is 0. The summed E-state index contributed by atoms with van der Waals surface area (Å²) in [6.07, 6.45) is 1.41. The predicted molar refractivity (Wildman–Crippen MR) is 105 cm³/mol. The minimum absolute atomic E-state index is 0.00374. The molecular formula is C22H14F2N2O6. The minimum Gasteiger partial charge on any atom is -0.467 e. The molecule has 32 heavy (non-hydrogen) atoms. The molecule has 0 radical (unpaired) electrons. The Kier molecular flexibility index (Phi) is 5.27. The normalized spacial score (nSPS) is 12.7. The number of amides is 3. The van der Waals surface area contributed by atoms with Crippen molar-refractivity contribution in [2.24, 2.45) is 0 Å². The third-order valence-corrected chi connectivity index (χ3v) is 4.84. The fourth-order valence-corrected chi connectivity index (χ4v) is 3.24. The van der Waals surface area contributed by atoms with Gasteiger partial charge in [-0.3, -0.25) is 19.3 Å². The largest absolute Gasteiger partial charge is 0.467 e. The van der Waals surface area contributed by atoms with Crippen LogP contribution in [0.1, 0.15) is 47.2 Å². The molecule has 4 rings (SSSR count). The van der Waals surface area contributed by atoms with Crippen LogP contribution in [0.15, 0.2) is 53.1 Å². The van der Waals surface area contributed by atoms with Gasteiger partial charge < -0.3 is 14.5 Å². The smallest absolute Gasteiger partial charge is 0.340 e. The average molecular weight is 440 g/mol. The van der Waals surface area contributed by atoms with E-state index < -0.39 is 46.6 Å². The number of hydrogen-bond acceptors (Lipinski definition) is 6.